The third-order valence-corrected chi connectivity index (χ3v) is 4.11. The van der Waals surface area contributed by atoms with E-state index in [1.54, 1.807) is 0 Å². The lowest BCUT2D eigenvalue weighted by molar-refractivity contribution is -0.126. The molecular formula is C13H13N3O2S. The Morgan fingerprint density at radius 1 is 1.42 bits per heavy atom. The summed E-state index contributed by atoms with van der Waals surface area (Å²) in [4.78, 5) is 27.5. The highest BCUT2D eigenvalue weighted by Gasteiger charge is 2.25. The highest BCUT2D eigenvalue weighted by molar-refractivity contribution is 7.22. The third-order valence-electron chi connectivity index (χ3n) is 3.16. The number of aromatic nitrogens is 1. The summed E-state index contributed by atoms with van der Waals surface area (Å²) >= 11 is 1.46. The van der Waals surface area contributed by atoms with E-state index in [1.807, 2.05) is 24.3 Å². The average molecular weight is 275 g/mol. The Balaban J connectivity index is 1.70. The lowest BCUT2D eigenvalue weighted by atomic mass is 9.98. The Morgan fingerprint density at radius 3 is 3.00 bits per heavy atom. The number of rotatable bonds is 2. The lowest BCUT2D eigenvalue weighted by Crippen LogP contribution is -2.40. The van der Waals surface area contributed by atoms with Gasteiger partial charge in [-0.2, -0.15) is 0 Å². The van der Waals surface area contributed by atoms with Crippen molar-refractivity contribution in [1.82, 2.24) is 10.3 Å². The first kappa shape index (κ1) is 12.1. The molecule has 2 aromatic rings. The standard InChI is InChI=1S/C13H13N3O2S/c17-11-6-5-8(7-14-11)12(18)16-13-15-9-3-1-2-4-10(9)19-13/h1-4,8H,5-7H2,(H,14,17)(H,15,16,18). The Labute approximate surface area is 114 Å². The number of carbonyl (C=O) groups is 2. The Morgan fingerprint density at radius 2 is 2.26 bits per heavy atom. The molecule has 0 saturated carbocycles. The van der Waals surface area contributed by atoms with E-state index in [9.17, 15) is 9.59 Å². The number of carbonyl (C=O) groups excluding carboxylic acids is 2. The van der Waals surface area contributed by atoms with Gasteiger partial charge in [-0.3, -0.25) is 9.59 Å². The van der Waals surface area contributed by atoms with E-state index in [4.69, 9.17) is 0 Å². The molecule has 0 bridgehead atoms. The highest BCUT2D eigenvalue weighted by atomic mass is 32.1. The van der Waals surface area contributed by atoms with E-state index in [0.717, 1.165) is 10.2 Å². The van der Waals surface area contributed by atoms with Crippen LogP contribution in [-0.2, 0) is 9.59 Å². The number of anilines is 1. The molecule has 5 nitrogen and oxygen atoms in total. The largest absolute Gasteiger partial charge is 0.355 e. The molecule has 1 atom stereocenters. The van der Waals surface area contributed by atoms with Gasteiger partial charge in [0.15, 0.2) is 5.13 Å². The van der Waals surface area contributed by atoms with Crippen LogP contribution in [-0.4, -0.2) is 23.3 Å². The number of hydrogen-bond donors (Lipinski definition) is 2. The van der Waals surface area contributed by atoms with Gasteiger partial charge >= 0.3 is 0 Å². The molecule has 1 aromatic carbocycles. The molecule has 2 heterocycles. The predicted octanol–water partition coefficient (Wildman–Crippen LogP) is 1.76. The molecule has 1 aromatic heterocycles. The molecule has 1 aliphatic rings. The van der Waals surface area contributed by atoms with Gasteiger partial charge in [0, 0.05) is 13.0 Å². The summed E-state index contributed by atoms with van der Waals surface area (Å²) in [5.41, 5.74) is 0.889. The van der Waals surface area contributed by atoms with Gasteiger partial charge in [0.25, 0.3) is 0 Å². The van der Waals surface area contributed by atoms with E-state index in [1.165, 1.54) is 11.3 Å². The summed E-state index contributed by atoms with van der Waals surface area (Å²) in [6.07, 6.45) is 1.01. The fraction of sp³-hybridized carbons (Fsp3) is 0.308. The molecule has 0 aliphatic carbocycles. The molecule has 3 rings (SSSR count). The van der Waals surface area contributed by atoms with Gasteiger partial charge in [-0.15, -0.1) is 0 Å². The first-order chi connectivity index (χ1) is 9.22. The molecular weight excluding hydrogens is 262 g/mol. The maximum atomic E-state index is 12.1. The summed E-state index contributed by atoms with van der Waals surface area (Å²) in [5.74, 6) is -0.215. The van der Waals surface area contributed by atoms with Gasteiger partial charge in [-0.05, 0) is 18.6 Å². The number of thiazole rings is 1. The van der Waals surface area contributed by atoms with Gasteiger partial charge in [-0.1, -0.05) is 23.5 Å². The highest BCUT2D eigenvalue weighted by Crippen LogP contribution is 2.26. The second kappa shape index (κ2) is 4.97. The van der Waals surface area contributed by atoms with E-state index in [-0.39, 0.29) is 17.7 Å². The minimum atomic E-state index is -0.162. The summed E-state index contributed by atoms with van der Waals surface area (Å²) in [5, 5.41) is 6.16. The van der Waals surface area contributed by atoms with Crippen molar-refractivity contribution in [2.45, 2.75) is 12.8 Å². The zero-order valence-corrected chi connectivity index (χ0v) is 11.0. The molecule has 0 radical (unpaired) electrons. The molecule has 6 heteroatoms. The maximum absolute atomic E-state index is 12.1. The van der Waals surface area contributed by atoms with Crippen molar-refractivity contribution in [3.63, 3.8) is 0 Å². The first-order valence-electron chi connectivity index (χ1n) is 6.15. The summed E-state index contributed by atoms with van der Waals surface area (Å²) in [6, 6.07) is 7.76. The van der Waals surface area contributed by atoms with Crippen molar-refractivity contribution in [1.29, 1.82) is 0 Å². The van der Waals surface area contributed by atoms with Gasteiger partial charge in [-0.25, -0.2) is 4.98 Å². The number of benzene rings is 1. The molecule has 2 amide bonds. The Kier molecular flexibility index (Phi) is 3.16. The van der Waals surface area contributed by atoms with Crippen molar-refractivity contribution in [2.75, 3.05) is 11.9 Å². The molecule has 1 saturated heterocycles. The molecule has 1 fully saturated rings. The average Bonchev–Trinajstić information content (AvgIpc) is 2.81. The maximum Gasteiger partial charge on any atom is 0.231 e. The fourth-order valence-electron chi connectivity index (χ4n) is 2.09. The smallest absolute Gasteiger partial charge is 0.231 e. The van der Waals surface area contributed by atoms with Crippen LogP contribution in [0, 0.1) is 5.92 Å². The monoisotopic (exact) mass is 275 g/mol. The van der Waals surface area contributed by atoms with Crippen molar-refractivity contribution in [3.05, 3.63) is 24.3 Å². The van der Waals surface area contributed by atoms with Crippen molar-refractivity contribution in [3.8, 4) is 0 Å². The third kappa shape index (κ3) is 2.58. The van der Waals surface area contributed by atoms with Crippen LogP contribution in [0.2, 0.25) is 0 Å². The normalized spacial score (nSPS) is 19.2. The zero-order valence-electron chi connectivity index (χ0n) is 10.2. The van der Waals surface area contributed by atoms with Crippen LogP contribution in [0.1, 0.15) is 12.8 Å². The predicted molar refractivity (Wildman–Crippen MR) is 74.0 cm³/mol. The molecule has 19 heavy (non-hydrogen) atoms. The minimum absolute atomic E-state index is 0.0176. The summed E-state index contributed by atoms with van der Waals surface area (Å²) < 4.78 is 1.05. The van der Waals surface area contributed by atoms with Crippen LogP contribution in [0.25, 0.3) is 10.2 Å². The summed E-state index contributed by atoms with van der Waals surface area (Å²) in [6.45, 7) is 0.412. The molecule has 2 N–H and O–H groups in total. The second-order valence-electron chi connectivity index (χ2n) is 4.52. The van der Waals surface area contributed by atoms with Crippen molar-refractivity contribution >= 4 is 38.5 Å². The van der Waals surface area contributed by atoms with Gasteiger partial charge < -0.3 is 10.6 Å². The van der Waals surface area contributed by atoms with Gasteiger partial charge in [0.1, 0.15) is 0 Å². The van der Waals surface area contributed by atoms with Crippen LogP contribution >= 0.6 is 11.3 Å². The number of hydrogen-bond acceptors (Lipinski definition) is 4. The molecule has 0 spiro atoms. The van der Waals surface area contributed by atoms with Crippen LogP contribution in [0.15, 0.2) is 24.3 Å². The quantitative estimate of drug-likeness (QED) is 0.877. The van der Waals surface area contributed by atoms with Gasteiger partial charge in [0.05, 0.1) is 16.1 Å². The van der Waals surface area contributed by atoms with E-state index >= 15 is 0 Å². The van der Waals surface area contributed by atoms with Crippen LogP contribution in [0.5, 0.6) is 0 Å². The van der Waals surface area contributed by atoms with Gasteiger partial charge in [0.2, 0.25) is 11.8 Å². The van der Waals surface area contributed by atoms with Crippen LogP contribution < -0.4 is 10.6 Å². The Bertz CT molecular complexity index is 595. The number of para-hydroxylation sites is 1. The van der Waals surface area contributed by atoms with Crippen molar-refractivity contribution < 1.29 is 9.59 Å². The summed E-state index contributed by atoms with van der Waals surface area (Å²) in [7, 11) is 0. The molecule has 1 unspecified atom stereocenters. The first-order valence-corrected chi connectivity index (χ1v) is 6.97. The molecule has 1 aliphatic heterocycles. The number of piperidine rings is 1. The van der Waals surface area contributed by atoms with E-state index in [0.29, 0.717) is 24.5 Å². The SMILES string of the molecule is O=C1CCC(C(=O)Nc2nc3ccccc3s2)CN1. The number of amides is 2. The number of nitrogens with one attached hydrogen (secondary N) is 2. The molecule has 98 valence electrons. The fourth-order valence-corrected chi connectivity index (χ4v) is 2.96. The lowest BCUT2D eigenvalue weighted by Gasteiger charge is -2.20. The van der Waals surface area contributed by atoms with Crippen molar-refractivity contribution in [2.24, 2.45) is 5.92 Å². The topological polar surface area (TPSA) is 71.1 Å². The second-order valence-corrected chi connectivity index (χ2v) is 5.55. The zero-order chi connectivity index (χ0) is 13.2. The number of nitrogens with zero attached hydrogens (tertiary/aromatic N) is 1. The van der Waals surface area contributed by atoms with Crippen LogP contribution in [0.3, 0.4) is 0 Å². The number of fused-ring (bicyclic) bond motifs is 1. The Hall–Kier alpha value is -1.95. The van der Waals surface area contributed by atoms with Crippen LogP contribution in [0.4, 0.5) is 5.13 Å². The minimum Gasteiger partial charge on any atom is -0.355 e. The van der Waals surface area contributed by atoms with E-state index in [2.05, 4.69) is 15.6 Å². The van der Waals surface area contributed by atoms with E-state index < -0.39 is 0 Å².